The van der Waals surface area contributed by atoms with Gasteiger partial charge in [-0.1, -0.05) is 0 Å². The Morgan fingerprint density at radius 1 is 0.913 bits per heavy atom. The fourth-order valence-electron chi connectivity index (χ4n) is 2.70. The fourth-order valence-corrected chi connectivity index (χ4v) is 3.30. The van der Waals surface area contributed by atoms with Crippen LogP contribution in [-0.2, 0) is 18.9 Å². The Morgan fingerprint density at radius 2 is 1.52 bits per heavy atom. The van der Waals surface area contributed by atoms with Gasteiger partial charge in [0.2, 0.25) is 0 Å². The van der Waals surface area contributed by atoms with Crippen LogP contribution in [0.1, 0.15) is 0 Å². The molecule has 0 aromatic heterocycles. The lowest BCUT2D eigenvalue weighted by molar-refractivity contribution is -0.325. The van der Waals surface area contributed by atoms with Gasteiger partial charge in [0.05, 0.1) is 12.7 Å². The average molecular weight is 356 g/mol. The number of hydrogen-bond donors (Lipinski definition) is 5. The topological polar surface area (TPSA) is 138 Å². The number of thioether (sulfide) groups is 1. The quantitative estimate of drug-likeness (QED) is 0.341. The molecule has 9 nitrogen and oxygen atoms in total. The van der Waals surface area contributed by atoms with Crippen LogP contribution in [0.15, 0.2) is 0 Å². The van der Waals surface area contributed by atoms with E-state index in [1.165, 1.54) is 18.9 Å². The van der Waals surface area contributed by atoms with Crippen LogP contribution in [-0.4, -0.2) is 107 Å². The zero-order chi connectivity index (χ0) is 17.1. The first-order chi connectivity index (χ1) is 10.9. The van der Waals surface area contributed by atoms with Crippen molar-refractivity contribution in [2.24, 2.45) is 0 Å². The number of rotatable bonds is 6. The van der Waals surface area contributed by atoms with Gasteiger partial charge in [0, 0.05) is 12.9 Å². The van der Waals surface area contributed by atoms with Gasteiger partial charge in [0.25, 0.3) is 0 Å². The van der Waals surface area contributed by atoms with E-state index in [0.29, 0.717) is 5.75 Å². The van der Waals surface area contributed by atoms with E-state index in [1.807, 2.05) is 6.26 Å². The summed E-state index contributed by atoms with van der Waals surface area (Å²) in [5, 5.41) is 49.4. The monoisotopic (exact) mass is 356 g/mol. The van der Waals surface area contributed by atoms with Crippen LogP contribution >= 0.6 is 11.8 Å². The van der Waals surface area contributed by atoms with Gasteiger partial charge in [-0.3, -0.25) is 0 Å². The molecule has 0 bridgehead atoms. The maximum Gasteiger partial charge on any atom is 0.187 e. The standard InChI is InChI=1S/C13H24O9S/c1-19-12-10(18)8(16)11(5(3-14)20-12)22-13-9(17)7(15)6(21-13)4-23-2/h5-18H,3-4H2,1-2H3/t5?,6-,7?,8+,9+,10+,11+,12?,13-/m0/s1. The normalized spacial score (nSPS) is 47.9. The van der Waals surface area contributed by atoms with Crippen molar-refractivity contribution in [3.8, 4) is 0 Å². The van der Waals surface area contributed by atoms with Crippen molar-refractivity contribution in [2.75, 3.05) is 25.7 Å². The van der Waals surface area contributed by atoms with E-state index < -0.39 is 61.9 Å². The number of ether oxygens (including phenoxy) is 4. The van der Waals surface area contributed by atoms with E-state index in [9.17, 15) is 25.5 Å². The van der Waals surface area contributed by atoms with Crippen molar-refractivity contribution in [1.29, 1.82) is 0 Å². The van der Waals surface area contributed by atoms with E-state index in [0.717, 1.165) is 0 Å². The molecule has 2 fully saturated rings. The number of hydrogen-bond acceptors (Lipinski definition) is 10. The molecule has 3 unspecified atom stereocenters. The molecule has 0 aromatic carbocycles. The van der Waals surface area contributed by atoms with E-state index >= 15 is 0 Å². The summed E-state index contributed by atoms with van der Waals surface area (Å²) in [5.41, 5.74) is 0. The summed E-state index contributed by atoms with van der Waals surface area (Å²) < 4.78 is 21.2. The first-order valence-electron chi connectivity index (χ1n) is 7.25. The lowest BCUT2D eigenvalue weighted by atomic mass is 9.99. The third kappa shape index (κ3) is 3.98. The third-order valence-corrected chi connectivity index (χ3v) is 4.66. The van der Waals surface area contributed by atoms with Crippen LogP contribution in [0.4, 0.5) is 0 Å². The molecule has 2 aliphatic rings. The maximum atomic E-state index is 10.2. The molecule has 0 aromatic rings. The minimum absolute atomic E-state index is 0.458. The average Bonchev–Trinajstić information content (AvgIpc) is 2.81. The molecule has 10 heteroatoms. The second kappa shape index (κ2) is 8.39. The molecule has 2 saturated heterocycles. The summed E-state index contributed by atoms with van der Waals surface area (Å²) in [5.74, 6) is 0.458. The fraction of sp³-hybridized carbons (Fsp3) is 1.00. The first-order valence-corrected chi connectivity index (χ1v) is 8.65. The zero-order valence-corrected chi connectivity index (χ0v) is 13.7. The van der Waals surface area contributed by atoms with Gasteiger partial charge in [0.15, 0.2) is 12.6 Å². The third-order valence-electron chi connectivity index (χ3n) is 3.99. The highest BCUT2D eigenvalue weighted by molar-refractivity contribution is 7.98. The van der Waals surface area contributed by atoms with E-state index in [-0.39, 0.29) is 0 Å². The highest BCUT2D eigenvalue weighted by atomic mass is 32.2. The van der Waals surface area contributed by atoms with Crippen molar-refractivity contribution < 1.29 is 44.5 Å². The molecule has 5 N–H and O–H groups in total. The van der Waals surface area contributed by atoms with Crippen LogP contribution in [0.25, 0.3) is 0 Å². The highest BCUT2D eigenvalue weighted by Crippen LogP contribution is 2.30. The van der Waals surface area contributed by atoms with Crippen molar-refractivity contribution in [1.82, 2.24) is 0 Å². The summed E-state index contributed by atoms with van der Waals surface area (Å²) in [7, 11) is 1.30. The van der Waals surface area contributed by atoms with Crippen LogP contribution in [0.2, 0.25) is 0 Å². The lowest BCUT2D eigenvalue weighted by Crippen LogP contribution is -2.61. The minimum atomic E-state index is -1.42. The van der Waals surface area contributed by atoms with Gasteiger partial charge in [-0.25, -0.2) is 0 Å². The van der Waals surface area contributed by atoms with Crippen LogP contribution in [0.5, 0.6) is 0 Å². The predicted molar refractivity (Wildman–Crippen MR) is 78.7 cm³/mol. The molecular weight excluding hydrogens is 332 g/mol. The maximum absolute atomic E-state index is 10.2. The predicted octanol–water partition coefficient (Wildman–Crippen LogP) is -2.73. The van der Waals surface area contributed by atoms with Gasteiger partial charge in [-0.15, -0.1) is 0 Å². The molecular formula is C13H24O9S. The van der Waals surface area contributed by atoms with Crippen molar-refractivity contribution in [2.45, 2.75) is 55.3 Å². The van der Waals surface area contributed by atoms with Crippen molar-refractivity contribution in [3.05, 3.63) is 0 Å². The summed E-state index contributed by atoms with van der Waals surface area (Å²) in [6.45, 7) is -0.492. The molecule has 2 aliphatic heterocycles. The zero-order valence-electron chi connectivity index (χ0n) is 12.9. The molecule has 0 saturated carbocycles. The van der Waals surface area contributed by atoms with Crippen molar-refractivity contribution >= 4 is 11.8 Å². The Kier molecular flexibility index (Phi) is 7.04. The van der Waals surface area contributed by atoms with Gasteiger partial charge in [-0.05, 0) is 6.26 Å². The summed E-state index contributed by atoms with van der Waals surface area (Å²) in [6.07, 6.45) is -8.47. The number of aliphatic hydroxyl groups is 5. The number of aliphatic hydroxyl groups excluding tert-OH is 5. The van der Waals surface area contributed by atoms with Gasteiger partial charge < -0.3 is 44.5 Å². The molecule has 0 aliphatic carbocycles. The van der Waals surface area contributed by atoms with Crippen LogP contribution in [0, 0.1) is 0 Å². The number of methoxy groups -OCH3 is 1. The summed E-state index contributed by atoms with van der Waals surface area (Å²) in [4.78, 5) is 0. The Bertz CT molecular complexity index is 371. The second-order valence-corrected chi connectivity index (χ2v) is 6.43. The smallest absolute Gasteiger partial charge is 0.187 e. The molecule has 23 heavy (non-hydrogen) atoms. The summed E-state index contributed by atoms with van der Waals surface area (Å²) in [6, 6.07) is 0. The Morgan fingerprint density at radius 3 is 2.09 bits per heavy atom. The lowest BCUT2D eigenvalue weighted by Gasteiger charge is -2.42. The molecule has 0 spiro atoms. The first kappa shape index (κ1) is 19.3. The molecule has 0 amide bonds. The Labute approximate surface area is 138 Å². The van der Waals surface area contributed by atoms with Gasteiger partial charge >= 0.3 is 0 Å². The van der Waals surface area contributed by atoms with Crippen molar-refractivity contribution in [3.63, 3.8) is 0 Å². The van der Waals surface area contributed by atoms with Crippen LogP contribution in [0.3, 0.4) is 0 Å². The van der Waals surface area contributed by atoms with Gasteiger partial charge in [0.1, 0.15) is 36.6 Å². The van der Waals surface area contributed by atoms with Crippen LogP contribution < -0.4 is 0 Å². The minimum Gasteiger partial charge on any atom is -0.394 e. The molecule has 9 atom stereocenters. The largest absolute Gasteiger partial charge is 0.394 e. The van der Waals surface area contributed by atoms with E-state index in [2.05, 4.69) is 0 Å². The van der Waals surface area contributed by atoms with E-state index in [4.69, 9.17) is 18.9 Å². The molecule has 2 rings (SSSR count). The molecule has 0 radical (unpaired) electrons. The highest BCUT2D eigenvalue weighted by Gasteiger charge is 2.50. The SMILES string of the molecule is COC1OC(CO)[C@@H](O[C@@H]2O[C@@H](CSC)C(O)[C@H]2O)[C@H](O)[C@H]1O. The Balaban J connectivity index is 2.05. The molecule has 136 valence electrons. The Hall–Kier alpha value is -0.0100. The van der Waals surface area contributed by atoms with E-state index in [1.54, 1.807) is 0 Å². The second-order valence-electron chi connectivity index (χ2n) is 5.52. The molecule has 2 heterocycles. The summed E-state index contributed by atoms with van der Waals surface area (Å²) >= 11 is 1.44. The van der Waals surface area contributed by atoms with Gasteiger partial charge in [-0.2, -0.15) is 11.8 Å².